The summed E-state index contributed by atoms with van der Waals surface area (Å²) in [6.07, 6.45) is 3.82. The zero-order valence-electron chi connectivity index (χ0n) is 13.7. The zero-order valence-corrected chi connectivity index (χ0v) is 13.7. The molecule has 2 rings (SSSR count). The molecule has 2 aromatic heterocycles. The number of nitrogens with one attached hydrogen (secondary N) is 4. The number of unbranched alkanes of at least 4 members (excludes halogenated alkanes) is 1. The van der Waals surface area contributed by atoms with Gasteiger partial charge in [0.2, 0.25) is 11.8 Å². The van der Waals surface area contributed by atoms with Crippen molar-refractivity contribution in [2.45, 2.75) is 25.7 Å². The third kappa shape index (κ3) is 6.15. The Morgan fingerprint density at radius 2 is 1.12 bits per heavy atom. The van der Waals surface area contributed by atoms with E-state index in [-0.39, 0.29) is 24.4 Å². The predicted octanol–water partition coefficient (Wildman–Crippen LogP) is 0.655. The number of hydrogen-bond donors (Lipinski definition) is 4. The Morgan fingerprint density at radius 3 is 1.46 bits per heavy atom. The van der Waals surface area contributed by atoms with Crippen LogP contribution in [0, 0.1) is 0 Å². The summed E-state index contributed by atoms with van der Waals surface area (Å²) in [5, 5.41) is 0. The molecule has 138 valence electrons. The summed E-state index contributed by atoms with van der Waals surface area (Å²) in [6.45, 7) is 0. The predicted molar refractivity (Wildman–Crippen MR) is 87.1 cm³/mol. The van der Waals surface area contributed by atoms with Gasteiger partial charge in [-0.05, 0) is 37.1 Å². The first-order valence-electron chi connectivity index (χ1n) is 7.81. The molecule has 4 N–H and O–H groups in total. The second kappa shape index (κ2) is 9.67. The van der Waals surface area contributed by atoms with Crippen molar-refractivity contribution in [2.24, 2.45) is 0 Å². The van der Waals surface area contributed by atoms with E-state index in [9.17, 15) is 19.2 Å². The van der Waals surface area contributed by atoms with E-state index in [0.29, 0.717) is 12.8 Å². The van der Waals surface area contributed by atoms with Crippen LogP contribution in [0.2, 0.25) is 0 Å². The molecule has 0 unspecified atom stereocenters. The van der Waals surface area contributed by atoms with Gasteiger partial charge >= 0.3 is 11.8 Å². The summed E-state index contributed by atoms with van der Waals surface area (Å²) >= 11 is 0. The van der Waals surface area contributed by atoms with Crippen LogP contribution in [0.15, 0.2) is 45.6 Å². The average molecular weight is 362 g/mol. The molecule has 0 aromatic carbocycles. The first-order valence-corrected chi connectivity index (χ1v) is 7.81. The lowest BCUT2D eigenvalue weighted by atomic mass is 10.2. The van der Waals surface area contributed by atoms with Gasteiger partial charge in [0, 0.05) is 12.8 Å². The summed E-state index contributed by atoms with van der Waals surface area (Å²) in [5.74, 6) is -1.74. The lowest BCUT2D eigenvalue weighted by Crippen LogP contribution is -2.41. The van der Waals surface area contributed by atoms with E-state index in [1.807, 2.05) is 0 Å². The number of hydrogen-bond acceptors (Lipinski definition) is 6. The van der Waals surface area contributed by atoms with Crippen LogP contribution >= 0.6 is 0 Å². The molecular formula is C16H18N4O6. The van der Waals surface area contributed by atoms with Gasteiger partial charge in [0.1, 0.15) is 0 Å². The average Bonchev–Trinajstić information content (AvgIpc) is 3.34. The summed E-state index contributed by atoms with van der Waals surface area (Å²) in [7, 11) is 0. The SMILES string of the molecule is O=C(CCCCC(=O)NNC(=O)c1ccco1)NNC(=O)c1ccco1. The molecule has 0 saturated carbocycles. The standard InChI is InChI=1S/C16H18N4O6/c21-13(17-19-15(23)11-5-3-9-25-11)7-1-2-8-14(22)18-20-16(24)12-6-4-10-26-12/h3-6,9-10H,1-2,7-8H2,(H,17,21)(H,18,22)(H,19,23)(H,20,24). The molecule has 4 amide bonds. The van der Waals surface area contributed by atoms with Crippen molar-refractivity contribution < 1.29 is 28.0 Å². The summed E-state index contributed by atoms with van der Waals surface area (Å²) in [5.41, 5.74) is 8.92. The molecule has 10 heteroatoms. The third-order valence-electron chi connectivity index (χ3n) is 3.18. The van der Waals surface area contributed by atoms with Crippen molar-refractivity contribution in [1.82, 2.24) is 21.7 Å². The monoisotopic (exact) mass is 362 g/mol. The molecule has 0 saturated heterocycles. The Kier molecular flexibility index (Phi) is 6.98. The Hall–Kier alpha value is -3.56. The number of carbonyl (C=O) groups is 4. The van der Waals surface area contributed by atoms with Crippen LogP contribution in [-0.2, 0) is 9.59 Å². The minimum Gasteiger partial charge on any atom is -0.459 e. The molecule has 0 atom stereocenters. The quantitative estimate of drug-likeness (QED) is 0.421. The number of rotatable bonds is 7. The smallest absolute Gasteiger partial charge is 0.305 e. The molecule has 0 aliphatic heterocycles. The van der Waals surface area contributed by atoms with Gasteiger partial charge in [0.05, 0.1) is 12.5 Å². The van der Waals surface area contributed by atoms with Gasteiger partial charge in [0.25, 0.3) is 0 Å². The summed E-state index contributed by atoms with van der Waals surface area (Å²) in [6, 6.07) is 6.03. The van der Waals surface area contributed by atoms with Crippen molar-refractivity contribution in [3.8, 4) is 0 Å². The highest BCUT2D eigenvalue weighted by Gasteiger charge is 2.11. The van der Waals surface area contributed by atoms with E-state index in [4.69, 9.17) is 8.83 Å². The maximum Gasteiger partial charge on any atom is 0.305 e. The fourth-order valence-corrected chi connectivity index (χ4v) is 1.89. The number of hydrazine groups is 2. The fraction of sp³-hybridized carbons (Fsp3) is 0.250. The lowest BCUT2D eigenvalue weighted by molar-refractivity contribution is -0.123. The van der Waals surface area contributed by atoms with E-state index in [0.717, 1.165) is 0 Å². The van der Waals surface area contributed by atoms with Crippen LogP contribution < -0.4 is 21.7 Å². The van der Waals surface area contributed by atoms with Crippen LogP contribution in [0.4, 0.5) is 0 Å². The Morgan fingerprint density at radius 1 is 0.692 bits per heavy atom. The molecule has 0 fully saturated rings. The summed E-state index contributed by atoms with van der Waals surface area (Å²) < 4.78 is 9.74. The van der Waals surface area contributed by atoms with Crippen molar-refractivity contribution in [1.29, 1.82) is 0 Å². The topological polar surface area (TPSA) is 143 Å². The van der Waals surface area contributed by atoms with E-state index in [2.05, 4.69) is 21.7 Å². The second-order valence-corrected chi connectivity index (χ2v) is 5.17. The van der Waals surface area contributed by atoms with Gasteiger partial charge in [-0.2, -0.15) is 0 Å². The lowest BCUT2D eigenvalue weighted by Gasteiger charge is -2.07. The number of amides is 4. The number of furan rings is 2. The van der Waals surface area contributed by atoms with Crippen molar-refractivity contribution in [2.75, 3.05) is 0 Å². The van der Waals surface area contributed by atoms with Gasteiger partial charge in [-0.1, -0.05) is 0 Å². The van der Waals surface area contributed by atoms with Crippen molar-refractivity contribution in [3.05, 3.63) is 48.3 Å². The largest absolute Gasteiger partial charge is 0.459 e. The molecule has 2 aromatic rings. The van der Waals surface area contributed by atoms with Crippen LogP contribution in [0.5, 0.6) is 0 Å². The molecule has 0 bridgehead atoms. The Balaban J connectivity index is 1.52. The molecule has 0 spiro atoms. The molecule has 0 aliphatic rings. The minimum atomic E-state index is -0.560. The highest BCUT2D eigenvalue weighted by Crippen LogP contribution is 2.01. The Labute approximate surface area is 148 Å². The van der Waals surface area contributed by atoms with Gasteiger partial charge in [-0.15, -0.1) is 0 Å². The first kappa shape index (κ1) is 18.8. The minimum absolute atomic E-state index is 0.0820. The normalized spacial score (nSPS) is 10.0. The molecule has 26 heavy (non-hydrogen) atoms. The van der Waals surface area contributed by atoms with Gasteiger partial charge in [0.15, 0.2) is 11.5 Å². The molecule has 10 nitrogen and oxygen atoms in total. The highest BCUT2D eigenvalue weighted by atomic mass is 16.3. The van der Waals surface area contributed by atoms with Crippen molar-refractivity contribution in [3.63, 3.8) is 0 Å². The molecular weight excluding hydrogens is 344 g/mol. The van der Waals surface area contributed by atoms with Crippen molar-refractivity contribution >= 4 is 23.6 Å². The maximum absolute atomic E-state index is 11.6. The Bertz CT molecular complexity index is 675. The highest BCUT2D eigenvalue weighted by molar-refractivity contribution is 5.93. The van der Waals surface area contributed by atoms with Crippen LogP contribution in [0.1, 0.15) is 46.8 Å². The maximum atomic E-state index is 11.6. The summed E-state index contributed by atoms with van der Waals surface area (Å²) in [4.78, 5) is 46.2. The molecule has 2 heterocycles. The second-order valence-electron chi connectivity index (χ2n) is 5.17. The third-order valence-corrected chi connectivity index (χ3v) is 3.18. The molecule has 0 aliphatic carbocycles. The fourth-order valence-electron chi connectivity index (χ4n) is 1.89. The van der Waals surface area contributed by atoms with E-state index in [1.54, 1.807) is 12.1 Å². The molecule has 0 radical (unpaired) electrons. The van der Waals surface area contributed by atoms with Crippen LogP contribution in [0.3, 0.4) is 0 Å². The van der Waals surface area contributed by atoms with Gasteiger partial charge in [-0.25, -0.2) is 0 Å². The van der Waals surface area contributed by atoms with E-state index < -0.39 is 23.6 Å². The van der Waals surface area contributed by atoms with Gasteiger partial charge < -0.3 is 8.83 Å². The first-order chi connectivity index (χ1) is 12.6. The zero-order chi connectivity index (χ0) is 18.8. The van der Waals surface area contributed by atoms with Crippen LogP contribution in [0.25, 0.3) is 0 Å². The number of carbonyl (C=O) groups excluding carboxylic acids is 4. The van der Waals surface area contributed by atoms with Crippen LogP contribution in [-0.4, -0.2) is 23.6 Å². The van der Waals surface area contributed by atoms with E-state index in [1.165, 1.54) is 24.7 Å². The van der Waals surface area contributed by atoms with E-state index >= 15 is 0 Å². The van der Waals surface area contributed by atoms with Gasteiger partial charge in [-0.3, -0.25) is 40.9 Å².